The van der Waals surface area contributed by atoms with Crippen LogP contribution in [0.2, 0.25) is 5.02 Å². The molecule has 1 unspecified atom stereocenters. The summed E-state index contributed by atoms with van der Waals surface area (Å²) in [5.74, 6) is 1.31. The summed E-state index contributed by atoms with van der Waals surface area (Å²) in [7, 11) is 0. The molecule has 0 aliphatic carbocycles. The average Bonchev–Trinajstić information content (AvgIpc) is 3.06. The third kappa shape index (κ3) is 3.39. The maximum absolute atomic E-state index is 12.3. The number of pyridine rings is 2. The second-order valence-corrected chi connectivity index (χ2v) is 9.55. The zero-order valence-corrected chi connectivity index (χ0v) is 18.8. The monoisotopic (exact) mass is 470 g/mol. The van der Waals surface area contributed by atoms with Gasteiger partial charge >= 0.3 is 0 Å². The van der Waals surface area contributed by atoms with Crippen LogP contribution in [0.1, 0.15) is 18.5 Å². The molecule has 2 aliphatic rings. The SMILES string of the molecule is Nc1nc(N2CCC3(CC2)c2cccc(=O)n2CC3N)cnc1Sc1ccnc(N)c1Cl. The van der Waals surface area contributed by atoms with Crippen molar-refractivity contribution < 1.29 is 0 Å². The number of nitrogens with zero attached hydrogens (tertiary/aromatic N) is 5. The Hall–Kier alpha value is -2.82. The molecule has 5 heterocycles. The van der Waals surface area contributed by atoms with E-state index in [0.717, 1.165) is 42.3 Å². The van der Waals surface area contributed by atoms with Crippen LogP contribution in [0, 0.1) is 0 Å². The summed E-state index contributed by atoms with van der Waals surface area (Å²) in [6, 6.07) is 7.13. The Bertz CT molecular complexity index is 1240. The molecule has 1 saturated heterocycles. The van der Waals surface area contributed by atoms with Crippen LogP contribution >= 0.6 is 23.4 Å². The lowest BCUT2D eigenvalue weighted by atomic mass is 9.72. The number of nitrogen functional groups attached to an aromatic ring is 2. The number of rotatable bonds is 3. The zero-order chi connectivity index (χ0) is 22.5. The zero-order valence-electron chi connectivity index (χ0n) is 17.2. The first-order chi connectivity index (χ1) is 15.4. The van der Waals surface area contributed by atoms with E-state index in [-0.39, 0.29) is 22.8 Å². The lowest BCUT2D eigenvalue weighted by molar-refractivity contribution is 0.291. The molecule has 0 saturated carbocycles. The molecule has 0 amide bonds. The molecule has 166 valence electrons. The Balaban J connectivity index is 1.34. The van der Waals surface area contributed by atoms with E-state index in [1.165, 1.54) is 11.8 Å². The molecule has 0 bridgehead atoms. The van der Waals surface area contributed by atoms with Crippen LogP contribution in [0.5, 0.6) is 0 Å². The van der Waals surface area contributed by atoms with Crippen molar-refractivity contribution in [1.29, 1.82) is 0 Å². The van der Waals surface area contributed by atoms with Gasteiger partial charge in [-0.2, -0.15) is 0 Å². The molecule has 2 aliphatic heterocycles. The summed E-state index contributed by atoms with van der Waals surface area (Å²) in [6.07, 6.45) is 4.98. The lowest BCUT2D eigenvalue weighted by Crippen LogP contribution is -2.50. The fourth-order valence-corrected chi connectivity index (χ4v) is 5.72. The molecule has 1 spiro atoms. The highest BCUT2D eigenvalue weighted by Gasteiger charge is 2.47. The van der Waals surface area contributed by atoms with Crippen molar-refractivity contribution >= 4 is 40.8 Å². The summed E-state index contributed by atoms with van der Waals surface area (Å²) in [4.78, 5) is 28.2. The topological polar surface area (TPSA) is 142 Å². The Morgan fingerprint density at radius 3 is 2.66 bits per heavy atom. The maximum Gasteiger partial charge on any atom is 0.250 e. The van der Waals surface area contributed by atoms with Crippen molar-refractivity contribution in [2.24, 2.45) is 5.73 Å². The molecule has 0 radical (unpaired) electrons. The largest absolute Gasteiger partial charge is 0.382 e. The number of hydrogen-bond acceptors (Lipinski definition) is 9. The number of anilines is 3. The Labute approximate surface area is 194 Å². The molecule has 3 aromatic heterocycles. The molecule has 3 aromatic rings. The predicted molar refractivity (Wildman–Crippen MR) is 126 cm³/mol. The number of piperidine rings is 1. The van der Waals surface area contributed by atoms with E-state index in [0.29, 0.717) is 22.4 Å². The maximum atomic E-state index is 12.3. The van der Waals surface area contributed by atoms with Crippen LogP contribution in [0.4, 0.5) is 17.5 Å². The van der Waals surface area contributed by atoms with Gasteiger partial charge in [0.2, 0.25) is 0 Å². The summed E-state index contributed by atoms with van der Waals surface area (Å²) in [5, 5.41) is 0.928. The van der Waals surface area contributed by atoms with E-state index >= 15 is 0 Å². The van der Waals surface area contributed by atoms with E-state index in [2.05, 4.69) is 19.9 Å². The Morgan fingerprint density at radius 1 is 1.12 bits per heavy atom. The van der Waals surface area contributed by atoms with Crippen molar-refractivity contribution in [3.8, 4) is 0 Å². The van der Waals surface area contributed by atoms with Crippen LogP contribution in [0.3, 0.4) is 0 Å². The van der Waals surface area contributed by atoms with E-state index in [9.17, 15) is 4.79 Å². The first-order valence-corrected chi connectivity index (χ1v) is 11.5. The van der Waals surface area contributed by atoms with Gasteiger partial charge in [-0.3, -0.25) is 4.79 Å². The highest BCUT2D eigenvalue weighted by atomic mass is 35.5. The molecule has 0 aromatic carbocycles. The quantitative estimate of drug-likeness (QED) is 0.522. The van der Waals surface area contributed by atoms with Crippen LogP contribution in [-0.4, -0.2) is 38.7 Å². The van der Waals surface area contributed by atoms with Gasteiger partial charge in [0, 0.05) is 53.9 Å². The lowest BCUT2D eigenvalue weighted by Gasteiger charge is -2.42. The normalized spacial score (nSPS) is 19.3. The van der Waals surface area contributed by atoms with Crippen molar-refractivity contribution in [2.75, 3.05) is 29.5 Å². The van der Waals surface area contributed by atoms with Crippen molar-refractivity contribution in [3.05, 3.63) is 57.7 Å². The number of aromatic nitrogens is 4. The number of nitrogens with two attached hydrogens (primary N) is 3. The smallest absolute Gasteiger partial charge is 0.250 e. The van der Waals surface area contributed by atoms with Crippen molar-refractivity contribution in [3.63, 3.8) is 0 Å². The van der Waals surface area contributed by atoms with E-state index in [1.807, 2.05) is 16.7 Å². The van der Waals surface area contributed by atoms with Gasteiger partial charge in [-0.05, 0) is 25.0 Å². The third-order valence-electron chi connectivity index (χ3n) is 6.47. The molecule has 6 N–H and O–H groups in total. The fourth-order valence-electron chi connectivity index (χ4n) is 4.70. The standard InChI is InChI=1S/C21H23ClN8OS/c22-17-12(4-7-26-18(17)24)32-20-19(25)28-15(10-27-20)29-8-5-21(6-9-29)13(23)11-30-14(21)2-1-3-16(30)31/h1-4,7,10,13H,5-6,8-9,11,23H2,(H2,24,26)(H2,25,28). The number of halogens is 1. The van der Waals surface area contributed by atoms with Crippen LogP contribution in [0.25, 0.3) is 0 Å². The fraction of sp³-hybridized carbons (Fsp3) is 0.333. The highest BCUT2D eigenvalue weighted by Crippen LogP contribution is 2.43. The summed E-state index contributed by atoms with van der Waals surface area (Å²) in [6.45, 7) is 2.07. The molecule has 11 heteroatoms. The molecule has 1 fully saturated rings. The van der Waals surface area contributed by atoms with Gasteiger partial charge in [0.05, 0.1) is 11.2 Å². The van der Waals surface area contributed by atoms with E-state index < -0.39 is 0 Å². The Morgan fingerprint density at radius 2 is 1.91 bits per heavy atom. The average molecular weight is 471 g/mol. The molecular formula is C21H23ClN8OS. The molecular weight excluding hydrogens is 448 g/mol. The van der Waals surface area contributed by atoms with Gasteiger partial charge in [0.25, 0.3) is 5.56 Å². The first-order valence-electron chi connectivity index (χ1n) is 10.3. The second kappa shape index (κ2) is 7.95. The minimum absolute atomic E-state index is 0.0139. The summed E-state index contributed by atoms with van der Waals surface area (Å²) < 4.78 is 1.82. The predicted octanol–water partition coefficient (Wildman–Crippen LogP) is 1.88. The van der Waals surface area contributed by atoms with Gasteiger partial charge in [-0.1, -0.05) is 29.4 Å². The van der Waals surface area contributed by atoms with Gasteiger partial charge in [0.15, 0.2) is 5.82 Å². The second-order valence-electron chi connectivity index (χ2n) is 8.14. The Kier molecular flexibility index (Phi) is 5.23. The molecule has 1 atom stereocenters. The third-order valence-corrected chi connectivity index (χ3v) is 8.04. The van der Waals surface area contributed by atoms with Gasteiger partial charge in [0.1, 0.15) is 16.7 Å². The van der Waals surface area contributed by atoms with Gasteiger partial charge in [-0.15, -0.1) is 0 Å². The molecule has 9 nitrogen and oxygen atoms in total. The van der Waals surface area contributed by atoms with Crippen LogP contribution in [-0.2, 0) is 12.0 Å². The first kappa shape index (κ1) is 21.0. The van der Waals surface area contributed by atoms with E-state index in [4.69, 9.17) is 28.8 Å². The van der Waals surface area contributed by atoms with E-state index in [1.54, 1.807) is 24.5 Å². The van der Waals surface area contributed by atoms with Crippen LogP contribution < -0.4 is 27.7 Å². The number of fused-ring (bicyclic) bond motifs is 2. The van der Waals surface area contributed by atoms with Crippen LogP contribution in [0.15, 0.2) is 51.4 Å². The van der Waals surface area contributed by atoms with Gasteiger partial charge in [-0.25, -0.2) is 15.0 Å². The summed E-state index contributed by atoms with van der Waals surface area (Å²) in [5.41, 5.74) is 19.4. The highest BCUT2D eigenvalue weighted by molar-refractivity contribution is 7.99. The van der Waals surface area contributed by atoms with Crippen molar-refractivity contribution in [2.45, 2.75) is 40.8 Å². The minimum atomic E-state index is -0.191. The number of hydrogen-bond donors (Lipinski definition) is 3. The molecule has 32 heavy (non-hydrogen) atoms. The van der Waals surface area contributed by atoms with Crippen molar-refractivity contribution in [1.82, 2.24) is 19.5 Å². The minimum Gasteiger partial charge on any atom is -0.382 e. The van der Waals surface area contributed by atoms with Gasteiger partial charge < -0.3 is 26.7 Å². The molecule has 5 rings (SSSR count). The summed E-state index contributed by atoms with van der Waals surface area (Å²) >= 11 is 7.53.